The van der Waals surface area contributed by atoms with Crippen LogP contribution in [0.2, 0.25) is 0 Å². The molecule has 108 valence electrons. The number of sulfonamides is 1. The van der Waals surface area contributed by atoms with Gasteiger partial charge in [0.25, 0.3) is 0 Å². The fourth-order valence-corrected chi connectivity index (χ4v) is 4.74. The Morgan fingerprint density at radius 3 is 2.39 bits per heavy atom. The third kappa shape index (κ3) is 4.83. The minimum atomic E-state index is -3.24. The zero-order valence-corrected chi connectivity index (χ0v) is 12.5. The van der Waals surface area contributed by atoms with E-state index in [0.717, 1.165) is 12.8 Å². The molecule has 8 heteroatoms. The maximum absolute atomic E-state index is 11.5. The molecule has 1 aliphatic carbocycles. The van der Waals surface area contributed by atoms with E-state index in [1.807, 2.05) is 0 Å². The largest absolute Gasteiger partial charge is 0.312 e. The van der Waals surface area contributed by atoms with Gasteiger partial charge in [0.1, 0.15) is 0 Å². The van der Waals surface area contributed by atoms with Gasteiger partial charge < -0.3 is 5.32 Å². The van der Waals surface area contributed by atoms with Crippen molar-refractivity contribution in [1.82, 2.24) is 10.0 Å². The number of nitrogens with one attached hydrogen (secondary N) is 2. The molecule has 2 unspecified atom stereocenters. The fraction of sp³-hybridized carbons (Fsp3) is 1.00. The molecule has 18 heavy (non-hydrogen) atoms. The second kappa shape index (κ2) is 6.31. The van der Waals surface area contributed by atoms with Gasteiger partial charge in [-0.1, -0.05) is 13.3 Å². The summed E-state index contributed by atoms with van der Waals surface area (Å²) >= 11 is 0. The van der Waals surface area contributed by atoms with Gasteiger partial charge in [0.05, 0.1) is 11.0 Å². The Morgan fingerprint density at radius 2 is 1.83 bits per heavy atom. The van der Waals surface area contributed by atoms with E-state index < -0.39 is 19.9 Å². The van der Waals surface area contributed by atoms with E-state index >= 15 is 0 Å². The Labute approximate surface area is 110 Å². The van der Waals surface area contributed by atoms with Crippen LogP contribution < -0.4 is 10.0 Å². The number of hydrogen-bond donors (Lipinski definition) is 2. The van der Waals surface area contributed by atoms with Crippen LogP contribution in [0.1, 0.15) is 26.2 Å². The summed E-state index contributed by atoms with van der Waals surface area (Å²) in [6.07, 6.45) is 3.57. The molecule has 0 saturated heterocycles. The van der Waals surface area contributed by atoms with Crippen LogP contribution in [0.3, 0.4) is 0 Å². The van der Waals surface area contributed by atoms with Crippen LogP contribution in [0, 0.1) is 0 Å². The minimum absolute atomic E-state index is 0.0200. The summed E-state index contributed by atoms with van der Waals surface area (Å²) in [6, 6.07) is -0.114. The quantitative estimate of drug-likeness (QED) is 0.660. The molecule has 6 nitrogen and oxygen atoms in total. The van der Waals surface area contributed by atoms with E-state index in [4.69, 9.17) is 0 Å². The van der Waals surface area contributed by atoms with Crippen molar-refractivity contribution in [2.75, 3.05) is 25.1 Å². The molecule has 1 saturated carbocycles. The first-order chi connectivity index (χ1) is 8.26. The van der Waals surface area contributed by atoms with Gasteiger partial charge in [-0.3, -0.25) is 0 Å². The molecule has 1 aliphatic rings. The minimum Gasteiger partial charge on any atom is -0.312 e. The summed E-state index contributed by atoms with van der Waals surface area (Å²) in [5, 5.41) is 2.68. The average molecular weight is 298 g/mol. The monoisotopic (exact) mass is 298 g/mol. The van der Waals surface area contributed by atoms with E-state index in [2.05, 4.69) is 10.0 Å². The lowest BCUT2D eigenvalue weighted by Crippen LogP contribution is -2.42. The highest BCUT2D eigenvalue weighted by Crippen LogP contribution is 2.24. The smallest absolute Gasteiger partial charge is 0.212 e. The third-order valence-corrected chi connectivity index (χ3v) is 6.28. The van der Waals surface area contributed by atoms with Crippen molar-refractivity contribution in [3.8, 4) is 0 Å². The number of rotatable bonds is 7. The molecular formula is C10H22N2O4S2. The van der Waals surface area contributed by atoms with Gasteiger partial charge in [0, 0.05) is 25.4 Å². The van der Waals surface area contributed by atoms with Crippen LogP contribution in [0.4, 0.5) is 0 Å². The molecule has 0 aromatic carbocycles. The zero-order chi connectivity index (χ0) is 13.8. The summed E-state index contributed by atoms with van der Waals surface area (Å²) in [6.45, 7) is 2.38. The first-order valence-corrected chi connectivity index (χ1v) is 9.76. The predicted molar refractivity (Wildman–Crippen MR) is 71.7 cm³/mol. The van der Waals surface area contributed by atoms with Crippen molar-refractivity contribution < 1.29 is 16.8 Å². The van der Waals surface area contributed by atoms with E-state index in [1.165, 1.54) is 6.26 Å². The zero-order valence-electron chi connectivity index (χ0n) is 10.8. The molecule has 0 aromatic rings. The predicted octanol–water partition coefficient (Wildman–Crippen LogP) is -0.519. The molecule has 1 rings (SSSR count). The second-order valence-corrected chi connectivity index (χ2v) is 8.87. The lowest BCUT2D eigenvalue weighted by molar-refractivity contribution is 0.516. The van der Waals surface area contributed by atoms with Gasteiger partial charge >= 0.3 is 0 Å². The Balaban J connectivity index is 2.45. The third-order valence-electron chi connectivity index (χ3n) is 3.14. The lowest BCUT2D eigenvalue weighted by atomic mass is 10.2. The van der Waals surface area contributed by atoms with Crippen molar-refractivity contribution in [3.05, 3.63) is 0 Å². The van der Waals surface area contributed by atoms with Crippen molar-refractivity contribution in [2.45, 2.75) is 37.5 Å². The Hall–Kier alpha value is -0.180. The first-order valence-electron chi connectivity index (χ1n) is 6.16. The van der Waals surface area contributed by atoms with Crippen LogP contribution in [0.5, 0.6) is 0 Å². The van der Waals surface area contributed by atoms with E-state index in [1.54, 1.807) is 6.92 Å². The van der Waals surface area contributed by atoms with Crippen molar-refractivity contribution in [3.63, 3.8) is 0 Å². The molecular weight excluding hydrogens is 276 g/mol. The average Bonchev–Trinajstić information content (AvgIpc) is 2.64. The maximum Gasteiger partial charge on any atom is 0.212 e. The highest BCUT2D eigenvalue weighted by Gasteiger charge is 2.34. The van der Waals surface area contributed by atoms with Crippen LogP contribution in [0.25, 0.3) is 0 Å². The SMILES string of the molecule is CCNS(=O)(=O)CCNC1CCCC1S(C)(=O)=O. The van der Waals surface area contributed by atoms with Gasteiger partial charge in [0.2, 0.25) is 10.0 Å². The molecule has 0 radical (unpaired) electrons. The van der Waals surface area contributed by atoms with E-state index in [9.17, 15) is 16.8 Å². The van der Waals surface area contributed by atoms with Crippen LogP contribution >= 0.6 is 0 Å². The second-order valence-electron chi connectivity index (χ2n) is 4.68. The molecule has 2 N–H and O–H groups in total. The summed E-state index contributed by atoms with van der Waals surface area (Å²) < 4.78 is 48.3. The molecule has 2 atom stereocenters. The van der Waals surface area contributed by atoms with Crippen molar-refractivity contribution in [2.24, 2.45) is 0 Å². The molecule has 0 aromatic heterocycles. The van der Waals surface area contributed by atoms with E-state index in [0.29, 0.717) is 13.0 Å². The lowest BCUT2D eigenvalue weighted by Gasteiger charge is -2.19. The summed E-state index contributed by atoms with van der Waals surface area (Å²) in [5.41, 5.74) is 0. The maximum atomic E-state index is 11.5. The Morgan fingerprint density at radius 1 is 1.17 bits per heavy atom. The summed E-state index contributed by atoms with van der Waals surface area (Å²) in [4.78, 5) is 0. The molecule has 1 fully saturated rings. The van der Waals surface area contributed by atoms with Crippen LogP contribution in [-0.4, -0.2) is 53.2 Å². The van der Waals surface area contributed by atoms with Crippen LogP contribution in [0.15, 0.2) is 0 Å². The number of sulfone groups is 1. The molecule has 0 aliphatic heterocycles. The molecule has 0 bridgehead atoms. The highest BCUT2D eigenvalue weighted by molar-refractivity contribution is 7.91. The molecule has 0 spiro atoms. The topological polar surface area (TPSA) is 92.3 Å². The molecule has 0 heterocycles. The van der Waals surface area contributed by atoms with Gasteiger partial charge in [-0.05, 0) is 12.8 Å². The van der Waals surface area contributed by atoms with Gasteiger partial charge in [-0.2, -0.15) is 0 Å². The van der Waals surface area contributed by atoms with Crippen LogP contribution in [-0.2, 0) is 19.9 Å². The fourth-order valence-electron chi connectivity index (χ4n) is 2.34. The Bertz CT molecular complexity index is 458. The van der Waals surface area contributed by atoms with Gasteiger partial charge in [-0.15, -0.1) is 0 Å². The van der Waals surface area contributed by atoms with Gasteiger partial charge in [-0.25, -0.2) is 21.6 Å². The standard InChI is InChI=1S/C10H22N2O4S2/c1-3-12-18(15,16)8-7-11-9-5-4-6-10(9)17(2,13)14/h9-12H,3-8H2,1-2H3. The normalized spacial score (nSPS) is 25.4. The first kappa shape index (κ1) is 15.9. The highest BCUT2D eigenvalue weighted by atomic mass is 32.2. The van der Waals surface area contributed by atoms with Crippen molar-refractivity contribution >= 4 is 19.9 Å². The van der Waals surface area contributed by atoms with Gasteiger partial charge in [0.15, 0.2) is 9.84 Å². The number of hydrogen-bond acceptors (Lipinski definition) is 5. The van der Waals surface area contributed by atoms with Crippen molar-refractivity contribution in [1.29, 1.82) is 0 Å². The van der Waals surface area contributed by atoms with E-state index in [-0.39, 0.29) is 23.6 Å². The Kier molecular flexibility index (Phi) is 5.57. The summed E-state index contributed by atoms with van der Waals surface area (Å²) in [7, 11) is -6.29. The summed E-state index contributed by atoms with van der Waals surface area (Å²) in [5.74, 6) is -0.0200. The molecule has 0 amide bonds.